The molecule has 4 bridgehead atoms. The first kappa shape index (κ1) is 21.3. The van der Waals surface area contributed by atoms with Crippen molar-refractivity contribution < 1.29 is 9.90 Å². The minimum atomic E-state index is -0.699. The van der Waals surface area contributed by atoms with E-state index in [0.717, 1.165) is 59.1 Å². The van der Waals surface area contributed by atoms with E-state index in [-0.39, 0.29) is 12.0 Å². The fourth-order valence-electron chi connectivity index (χ4n) is 7.86. The van der Waals surface area contributed by atoms with Gasteiger partial charge in [0.05, 0.1) is 16.6 Å². The molecule has 0 aliphatic heterocycles. The second-order valence-corrected chi connectivity index (χ2v) is 11.6. The molecule has 174 valence electrons. The Morgan fingerprint density at radius 2 is 1.55 bits per heavy atom. The van der Waals surface area contributed by atoms with Gasteiger partial charge in [0.1, 0.15) is 0 Å². The average Bonchev–Trinajstić information content (AvgIpc) is 3.24. The summed E-state index contributed by atoms with van der Waals surface area (Å²) >= 11 is 6.78. The van der Waals surface area contributed by atoms with Gasteiger partial charge >= 0.3 is 5.97 Å². The Balaban J connectivity index is 1.14. The Kier molecular flexibility index (Phi) is 5.32. The number of aliphatic carboxylic acids is 1. The second kappa shape index (κ2) is 8.23. The van der Waals surface area contributed by atoms with Crippen LogP contribution in [0.4, 0.5) is 17.1 Å². The second-order valence-electron chi connectivity index (χ2n) is 11.2. The van der Waals surface area contributed by atoms with Crippen LogP contribution in [0.1, 0.15) is 63.4 Å². The smallest absolute Gasteiger partial charge is 0.308 e. The molecule has 0 amide bonds. The van der Waals surface area contributed by atoms with E-state index in [1.807, 2.05) is 24.3 Å². The molecule has 5 saturated carbocycles. The van der Waals surface area contributed by atoms with Crippen LogP contribution in [0.3, 0.4) is 0 Å². The van der Waals surface area contributed by atoms with Crippen LogP contribution in [0.5, 0.6) is 0 Å². The molecular weight excluding hydrogens is 432 g/mol. The van der Waals surface area contributed by atoms with Crippen molar-refractivity contribution in [1.82, 2.24) is 0 Å². The van der Waals surface area contributed by atoms with Crippen molar-refractivity contribution in [2.75, 3.05) is 10.6 Å². The number of halogens is 1. The lowest BCUT2D eigenvalue weighted by molar-refractivity contribution is -0.141. The molecule has 2 atom stereocenters. The molecule has 5 heteroatoms. The predicted octanol–water partition coefficient (Wildman–Crippen LogP) is 7.22. The van der Waals surface area contributed by atoms with Gasteiger partial charge in [-0.1, -0.05) is 24.1 Å². The third-order valence-corrected chi connectivity index (χ3v) is 9.28. The summed E-state index contributed by atoms with van der Waals surface area (Å²) in [6.45, 7) is 0. The van der Waals surface area contributed by atoms with Crippen LogP contribution in [-0.4, -0.2) is 17.1 Å². The zero-order valence-electron chi connectivity index (χ0n) is 19.0. The number of rotatable bonds is 6. The Morgan fingerprint density at radius 3 is 2.15 bits per heavy atom. The van der Waals surface area contributed by atoms with Gasteiger partial charge in [0.2, 0.25) is 0 Å². The van der Waals surface area contributed by atoms with Crippen LogP contribution < -0.4 is 10.6 Å². The van der Waals surface area contributed by atoms with Gasteiger partial charge in [-0.25, -0.2) is 0 Å². The van der Waals surface area contributed by atoms with E-state index in [9.17, 15) is 9.90 Å². The van der Waals surface area contributed by atoms with Gasteiger partial charge in [0.15, 0.2) is 0 Å². The molecule has 0 saturated heterocycles. The number of carboxylic acids is 1. The summed E-state index contributed by atoms with van der Waals surface area (Å²) in [4.78, 5) is 11.4. The van der Waals surface area contributed by atoms with E-state index in [1.54, 1.807) is 0 Å². The summed E-state index contributed by atoms with van der Waals surface area (Å²) in [6.07, 6.45) is 11.0. The molecule has 0 spiro atoms. The summed E-state index contributed by atoms with van der Waals surface area (Å²) in [5.41, 5.74) is 4.68. The van der Waals surface area contributed by atoms with E-state index in [0.29, 0.717) is 5.41 Å². The lowest BCUT2D eigenvalue weighted by atomic mass is 9.48. The topological polar surface area (TPSA) is 61.4 Å². The maximum atomic E-state index is 11.4. The van der Waals surface area contributed by atoms with E-state index in [2.05, 4.69) is 28.8 Å². The highest BCUT2D eigenvalue weighted by atomic mass is 35.5. The summed E-state index contributed by atoms with van der Waals surface area (Å²) < 4.78 is 0. The molecule has 4 nitrogen and oxygen atoms in total. The van der Waals surface area contributed by atoms with Crippen LogP contribution in [0.2, 0.25) is 5.02 Å². The highest BCUT2D eigenvalue weighted by Crippen LogP contribution is 2.61. The van der Waals surface area contributed by atoms with Gasteiger partial charge in [0.25, 0.3) is 0 Å². The highest BCUT2D eigenvalue weighted by Gasteiger charge is 2.51. The van der Waals surface area contributed by atoms with E-state index in [4.69, 9.17) is 11.6 Å². The maximum absolute atomic E-state index is 11.4. The van der Waals surface area contributed by atoms with Crippen molar-refractivity contribution in [2.24, 2.45) is 23.7 Å². The first-order valence-electron chi connectivity index (χ1n) is 12.6. The highest BCUT2D eigenvalue weighted by molar-refractivity contribution is 6.33. The normalized spacial score (nSPS) is 34.4. The molecule has 0 heterocycles. The van der Waals surface area contributed by atoms with E-state index in [1.165, 1.54) is 44.1 Å². The Hall–Kier alpha value is -2.20. The van der Waals surface area contributed by atoms with Gasteiger partial charge in [0, 0.05) is 17.4 Å². The molecule has 3 N–H and O–H groups in total. The number of carbonyl (C=O) groups is 1. The van der Waals surface area contributed by atoms with Crippen molar-refractivity contribution in [3.05, 3.63) is 53.1 Å². The molecule has 2 aromatic rings. The van der Waals surface area contributed by atoms with Crippen molar-refractivity contribution in [3.8, 4) is 0 Å². The van der Waals surface area contributed by atoms with Crippen molar-refractivity contribution in [2.45, 2.75) is 69.2 Å². The molecule has 2 aromatic carbocycles. The van der Waals surface area contributed by atoms with Gasteiger partial charge in [-0.3, -0.25) is 4.79 Å². The number of nitrogens with one attached hydrogen (secondary N) is 2. The number of carboxylic acid groups (broad SMARTS) is 1. The van der Waals surface area contributed by atoms with Crippen molar-refractivity contribution in [1.29, 1.82) is 0 Å². The number of hydrogen-bond donors (Lipinski definition) is 3. The molecule has 7 rings (SSSR count). The summed E-state index contributed by atoms with van der Waals surface area (Å²) in [6, 6.07) is 14.8. The van der Waals surface area contributed by atoms with E-state index >= 15 is 0 Å². The summed E-state index contributed by atoms with van der Waals surface area (Å²) in [7, 11) is 0. The standard InChI is InChI=1S/C28H33ClN2O2/c29-24-13-20(28-14-17-10-18(15-28)12-19(11-17)16-28)4-9-26(24)31-22-7-5-21(6-8-22)30-25-3-1-2-23(25)27(32)33/h4-9,13,17-19,23,25,30-31H,1-3,10-12,14-16H2,(H,32,33). The first-order valence-corrected chi connectivity index (χ1v) is 13.0. The zero-order chi connectivity index (χ0) is 22.6. The average molecular weight is 465 g/mol. The van der Waals surface area contributed by atoms with Gasteiger partial charge in [-0.05, 0) is 116 Å². The molecule has 0 radical (unpaired) electrons. The molecule has 2 unspecified atom stereocenters. The quantitative estimate of drug-likeness (QED) is 0.422. The van der Waals surface area contributed by atoms with Crippen molar-refractivity contribution in [3.63, 3.8) is 0 Å². The van der Waals surface area contributed by atoms with Gasteiger partial charge in [-0.2, -0.15) is 0 Å². The largest absolute Gasteiger partial charge is 0.481 e. The maximum Gasteiger partial charge on any atom is 0.308 e. The van der Waals surface area contributed by atoms with Crippen molar-refractivity contribution >= 4 is 34.6 Å². The van der Waals surface area contributed by atoms with Gasteiger partial charge < -0.3 is 15.7 Å². The molecular formula is C28H33ClN2O2. The fourth-order valence-corrected chi connectivity index (χ4v) is 8.09. The Labute approximate surface area is 201 Å². The van der Waals surface area contributed by atoms with Crippen LogP contribution in [-0.2, 0) is 10.2 Å². The summed E-state index contributed by atoms with van der Waals surface area (Å²) in [5.74, 6) is 1.78. The van der Waals surface area contributed by atoms with E-state index < -0.39 is 5.97 Å². The minimum Gasteiger partial charge on any atom is -0.481 e. The zero-order valence-corrected chi connectivity index (χ0v) is 19.8. The molecule has 5 aliphatic rings. The Bertz CT molecular complexity index is 1020. The lowest BCUT2D eigenvalue weighted by Crippen LogP contribution is -2.48. The molecule has 5 aliphatic carbocycles. The van der Waals surface area contributed by atoms with Crippen LogP contribution in [0, 0.1) is 23.7 Å². The minimum absolute atomic E-state index is 0.00730. The number of benzene rings is 2. The predicted molar refractivity (Wildman–Crippen MR) is 133 cm³/mol. The Morgan fingerprint density at radius 1 is 0.909 bits per heavy atom. The van der Waals surface area contributed by atoms with Crippen LogP contribution in [0.15, 0.2) is 42.5 Å². The third kappa shape index (κ3) is 4.01. The first-order chi connectivity index (χ1) is 16.0. The summed E-state index contributed by atoms with van der Waals surface area (Å²) in [5, 5.41) is 17.1. The molecule has 5 fully saturated rings. The molecule has 33 heavy (non-hydrogen) atoms. The van der Waals surface area contributed by atoms with Gasteiger partial charge in [-0.15, -0.1) is 0 Å². The number of hydrogen-bond acceptors (Lipinski definition) is 3. The molecule has 0 aromatic heterocycles. The van der Waals surface area contributed by atoms with Crippen LogP contribution in [0.25, 0.3) is 0 Å². The SMILES string of the molecule is O=C(O)C1CCCC1Nc1ccc(Nc2ccc(C34CC5CC(CC(C5)C3)C4)cc2Cl)cc1. The number of anilines is 3. The monoisotopic (exact) mass is 464 g/mol. The third-order valence-electron chi connectivity index (χ3n) is 8.97. The fraction of sp³-hybridized carbons (Fsp3) is 0.536. The lowest BCUT2D eigenvalue weighted by Gasteiger charge is -2.57. The van der Waals surface area contributed by atoms with Crippen LogP contribution >= 0.6 is 11.6 Å².